The number of carboxylic acids is 1. The average molecular weight is 302 g/mol. The maximum Gasteiger partial charge on any atom is 0.325 e. The van der Waals surface area contributed by atoms with E-state index in [2.05, 4.69) is 5.32 Å². The van der Waals surface area contributed by atoms with Crippen LogP contribution in [0.2, 0.25) is 10.0 Å². The van der Waals surface area contributed by atoms with Gasteiger partial charge in [0.2, 0.25) is 0 Å². The molecule has 0 aromatic heterocycles. The molecule has 1 atom stereocenters. The summed E-state index contributed by atoms with van der Waals surface area (Å²) in [6, 6.07) is 4.43. The first kappa shape index (κ1) is 14.6. The van der Waals surface area contributed by atoms with Crippen molar-refractivity contribution in [2.75, 3.05) is 0 Å². The number of nitrogens with one attached hydrogen (secondary N) is 1. The van der Waals surface area contributed by atoms with Gasteiger partial charge in [-0.05, 0) is 25.0 Å². The highest BCUT2D eigenvalue weighted by Crippen LogP contribution is 2.32. The minimum Gasteiger partial charge on any atom is -0.480 e. The fourth-order valence-corrected chi connectivity index (χ4v) is 3.19. The smallest absolute Gasteiger partial charge is 0.325 e. The molecule has 0 radical (unpaired) electrons. The number of carbonyl (C=O) groups is 1. The first-order valence-corrected chi connectivity index (χ1v) is 7.28. The van der Waals surface area contributed by atoms with Crippen LogP contribution in [-0.2, 0) is 4.79 Å². The molecule has 1 aliphatic carbocycles. The number of benzene rings is 1. The molecule has 1 aliphatic rings. The second-order valence-corrected chi connectivity index (χ2v) is 5.72. The molecule has 0 spiro atoms. The van der Waals surface area contributed by atoms with E-state index in [4.69, 9.17) is 23.2 Å². The van der Waals surface area contributed by atoms with Gasteiger partial charge in [-0.3, -0.25) is 10.1 Å². The minimum absolute atomic E-state index is 0.224. The largest absolute Gasteiger partial charge is 0.480 e. The van der Waals surface area contributed by atoms with E-state index in [9.17, 15) is 9.90 Å². The van der Waals surface area contributed by atoms with Gasteiger partial charge in [0.05, 0.1) is 0 Å². The lowest BCUT2D eigenvalue weighted by molar-refractivity contribution is -0.140. The Labute approximate surface area is 122 Å². The quantitative estimate of drug-likeness (QED) is 0.882. The standard InChI is InChI=1S/C14H17Cl2NO2/c15-10-7-4-8-11(16)12(10)13(14(18)19)17-9-5-2-1-3-6-9/h4,7-9,13,17H,1-3,5-6H2,(H,18,19). The summed E-state index contributed by atoms with van der Waals surface area (Å²) in [6.45, 7) is 0. The van der Waals surface area contributed by atoms with Crippen molar-refractivity contribution in [3.05, 3.63) is 33.8 Å². The zero-order valence-corrected chi connectivity index (χ0v) is 12.0. The van der Waals surface area contributed by atoms with Crippen LogP contribution < -0.4 is 5.32 Å². The first-order chi connectivity index (χ1) is 9.09. The normalized spacial score (nSPS) is 18.2. The summed E-state index contributed by atoms with van der Waals surface area (Å²) in [7, 11) is 0. The third-order valence-electron chi connectivity index (χ3n) is 3.54. The molecule has 1 unspecified atom stereocenters. The molecular formula is C14H17Cl2NO2. The van der Waals surface area contributed by atoms with E-state index in [1.807, 2.05) is 0 Å². The number of rotatable bonds is 4. The molecule has 5 heteroatoms. The van der Waals surface area contributed by atoms with Gasteiger partial charge in [0.25, 0.3) is 0 Å². The minimum atomic E-state index is -0.944. The number of aliphatic carboxylic acids is 1. The van der Waals surface area contributed by atoms with Gasteiger partial charge in [0, 0.05) is 21.7 Å². The van der Waals surface area contributed by atoms with Gasteiger partial charge < -0.3 is 5.11 Å². The Morgan fingerprint density at radius 2 is 1.79 bits per heavy atom. The Morgan fingerprint density at radius 1 is 1.21 bits per heavy atom. The average Bonchev–Trinajstić information content (AvgIpc) is 2.38. The van der Waals surface area contributed by atoms with Gasteiger partial charge in [-0.1, -0.05) is 48.5 Å². The predicted octanol–water partition coefficient (Wildman–Crippen LogP) is 4.04. The Kier molecular flexibility index (Phi) is 5.08. The Morgan fingerprint density at radius 3 is 2.32 bits per heavy atom. The van der Waals surface area contributed by atoms with E-state index in [1.54, 1.807) is 18.2 Å². The van der Waals surface area contributed by atoms with Gasteiger partial charge >= 0.3 is 5.97 Å². The van der Waals surface area contributed by atoms with Crippen LogP contribution in [-0.4, -0.2) is 17.1 Å². The molecule has 104 valence electrons. The monoisotopic (exact) mass is 301 g/mol. The molecule has 2 N–H and O–H groups in total. The van der Waals surface area contributed by atoms with Crippen LogP contribution in [0.25, 0.3) is 0 Å². The molecule has 0 aliphatic heterocycles. The molecule has 0 heterocycles. The third kappa shape index (κ3) is 3.62. The van der Waals surface area contributed by atoms with Gasteiger partial charge in [-0.15, -0.1) is 0 Å². The van der Waals surface area contributed by atoms with Crippen LogP contribution in [0.5, 0.6) is 0 Å². The zero-order chi connectivity index (χ0) is 13.8. The Hall–Kier alpha value is -0.770. The summed E-state index contributed by atoms with van der Waals surface area (Å²) >= 11 is 12.2. The highest BCUT2D eigenvalue weighted by atomic mass is 35.5. The molecule has 0 amide bonds. The van der Waals surface area contributed by atoms with Crippen LogP contribution in [0, 0.1) is 0 Å². The van der Waals surface area contributed by atoms with Crippen molar-refractivity contribution in [2.45, 2.75) is 44.2 Å². The van der Waals surface area contributed by atoms with Gasteiger partial charge in [-0.25, -0.2) is 0 Å². The van der Waals surface area contributed by atoms with E-state index in [-0.39, 0.29) is 6.04 Å². The fraction of sp³-hybridized carbons (Fsp3) is 0.500. The topological polar surface area (TPSA) is 49.3 Å². The van der Waals surface area contributed by atoms with Gasteiger partial charge in [0.15, 0.2) is 0 Å². The second kappa shape index (κ2) is 6.60. The van der Waals surface area contributed by atoms with Gasteiger partial charge in [-0.2, -0.15) is 0 Å². The van der Waals surface area contributed by atoms with E-state index < -0.39 is 12.0 Å². The van der Waals surface area contributed by atoms with E-state index in [0.29, 0.717) is 15.6 Å². The molecule has 1 aromatic rings. The molecule has 0 saturated heterocycles. The van der Waals surface area contributed by atoms with Crippen LogP contribution >= 0.6 is 23.2 Å². The predicted molar refractivity (Wildman–Crippen MR) is 76.8 cm³/mol. The lowest BCUT2D eigenvalue weighted by Gasteiger charge is -2.27. The Bertz CT molecular complexity index is 439. The highest BCUT2D eigenvalue weighted by Gasteiger charge is 2.28. The molecule has 3 nitrogen and oxygen atoms in total. The maximum atomic E-state index is 11.5. The van der Waals surface area contributed by atoms with Crippen LogP contribution in [0.15, 0.2) is 18.2 Å². The zero-order valence-electron chi connectivity index (χ0n) is 10.5. The number of hydrogen-bond donors (Lipinski definition) is 2. The summed E-state index contributed by atoms with van der Waals surface area (Å²) in [5.74, 6) is -0.944. The molecule has 1 fully saturated rings. The summed E-state index contributed by atoms with van der Waals surface area (Å²) in [6.07, 6.45) is 5.51. The van der Waals surface area contributed by atoms with E-state index >= 15 is 0 Å². The number of hydrogen-bond acceptors (Lipinski definition) is 2. The maximum absolute atomic E-state index is 11.5. The Balaban J connectivity index is 2.22. The third-order valence-corrected chi connectivity index (χ3v) is 4.20. The van der Waals surface area contributed by atoms with E-state index in [1.165, 1.54) is 6.42 Å². The summed E-state index contributed by atoms with van der Waals surface area (Å²) in [4.78, 5) is 11.5. The van der Waals surface area contributed by atoms with Crippen molar-refractivity contribution in [1.82, 2.24) is 5.32 Å². The fourth-order valence-electron chi connectivity index (χ4n) is 2.57. The van der Waals surface area contributed by atoms with Crippen molar-refractivity contribution in [3.63, 3.8) is 0 Å². The van der Waals surface area contributed by atoms with Crippen molar-refractivity contribution < 1.29 is 9.90 Å². The number of halogens is 2. The van der Waals surface area contributed by atoms with Crippen molar-refractivity contribution >= 4 is 29.2 Å². The lowest BCUT2D eigenvalue weighted by Crippen LogP contribution is -2.38. The van der Waals surface area contributed by atoms with Crippen molar-refractivity contribution in [1.29, 1.82) is 0 Å². The molecule has 1 aromatic carbocycles. The summed E-state index contributed by atoms with van der Waals surface area (Å²) in [5.41, 5.74) is 0.462. The van der Waals surface area contributed by atoms with Crippen LogP contribution in [0.1, 0.15) is 43.7 Å². The molecular weight excluding hydrogens is 285 g/mol. The molecule has 19 heavy (non-hydrogen) atoms. The summed E-state index contributed by atoms with van der Waals surface area (Å²) < 4.78 is 0. The molecule has 2 rings (SSSR count). The second-order valence-electron chi connectivity index (χ2n) is 4.91. The van der Waals surface area contributed by atoms with Gasteiger partial charge in [0.1, 0.15) is 6.04 Å². The highest BCUT2D eigenvalue weighted by molar-refractivity contribution is 6.36. The summed E-state index contributed by atoms with van der Waals surface area (Å²) in [5, 5.41) is 13.4. The molecule has 1 saturated carbocycles. The van der Waals surface area contributed by atoms with Crippen molar-refractivity contribution in [2.24, 2.45) is 0 Å². The SMILES string of the molecule is O=C(O)C(NC1CCCCC1)c1c(Cl)cccc1Cl. The first-order valence-electron chi connectivity index (χ1n) is 6.52. The van der Waals surface area contributed by atoms with Crippen molar-refractivity contribution in [3.8, 4) is 0 Å². The number of carboxylic acid groups (broad SMARTS) is 1. The van der Waals surface area contributed by atoms with Crippen LogP contribution in [0.4, 0.5) is 0 Å². The lowest BCUT2D eigenvalue weighted by atomic mass is 9.94. The van der Waals surface area contributed by atoms with Crippen LogP contribution in [0.3, 0.4) is 0 Å². The molecule has 0 bridgehead atoms. The van der Waals surface area contributed by atoms with E-state index in [0.717, 1.165) is 25.7 Å².